The van der Waals surface area contributed by atoms with Crippen molar-refractivity contribution in [1.82, 2.24) is 0 Å². The summed E-state index contributed by atoms with van der Waals surface area (Å²) in [5, 5.41) is 0. The normalized spacial score (nSPS) is 11.1. The minimum absolute atomic E-state index is 0.679. The van der Waals surface area contributed by atoms with Crippen LogP contribution in [-0.4, -0.2) is 32.3 Å². The molecule has 3 rings (SSSR count). The van der Waals surface area contributed by atoms with E-state index in [1.807, 2.05) is 38.1 Å². The highest BCUT2D eigenvalue weighted by Gasteiger charge is 2.37. The maximum Gasteiger partial charge on any atom is 0.143 e. The molecule has 0 aromatic heterocycles. The smallest absolute Gasteiger partial charge is 0.143 e. The fourth-order valence-corrected chi connectivity index (χ4v) is 6.19. The first-order chi connectivity index (χ1) is 20.7. The summed E-state index contributed by atoms with van der Waals surface area (Å²) >= 11 is 2.07. The van der Waals surface area contributed by atoms with Crippen LogP contribution in [0.3, 0.4) is 0 Å². The summed E-state index contributed by atoms with van der Waals surface area (Å²) in [6.07, 6.45) is 14.9. The molecule has 3 nitrogen and oxygen atoms in total. The van der Waals surface area contributed by atoms with E-state index in [0.29, 0.717) is 6.61 Å². The molecule has 42 heavy (non-hydrogen) atoms. The Morgan fingerprint density at radius 1 is 0.524 bits per heavy atom. The average molecular weight is 593 g/mol. The molecule has 0 atom stereocenters. The highest BCUT2D eigenvalue weighted by Crippen LogP contribution is 2.41. The molecule has 3 aromatic carbocycles. The molecule has 232 valence electrons. The van der Waals surface area contributed by atoms with Crippen LogP contribution in [0.2, 0.25) is 0 Å². The Bertz CT molecular complexity index is 987. The van der Waals surface area contributed by atoms with E-state index in [9.17, 15) is 0 Å². The molecule has 0 aliphatic heterocycles. The quantitative estimate of drug-likeness (QED) is 0.0908. The van der Waals surface area contributed by atoms with Gasteiger partial charge in [-0.1, -0.05) is 133 Å². The van der Waals surface area contributed by atoms with E-state index in [1.54, 1.807) is 14.2 Å². The van der Waals surface area contributed by atoms with E-state index in [-0.39, 0.29) is 0 Å². The van der Waals surface area contributed by atoms with Crippen LogP contribution in [0.15, 0.2) is 78.9 Å². The average Bonchev–Trinajstić information content (AvgIpc) is 3.06. The predicted molar refractivity (Wildman–Crippen MR) is 183 cm³/mol. The first-order valence-electron chi connectivity index (χ1n) is 16.3. The monoisotopic (exact) mass is 592 g/mol. The Kier molecular flexibility index (Phi) is 18.9. The zero-order valence-electron chi connectivity index (χ0n) is 27.0. The van der Waals surface area contributed by atoms with Gasteiger partial charge in [0, 0.05) is 6.61 Å². The van der Waals surface area contributed by atoms with Gasteiger partial charge in [-0.2, -0.15) is 11.8 Å². The van der Waals surface area contributed by atoms with Crippen LogP contribution in [-0.2, 0) is 10.3 Å². The number of thioether (sulfide) groups is 1. The molecule has 0 radical (unpaired) electrons. The van der Waals surface area contributed by atoms with E-state index >= 15 is 0 Å². The molecular weight excluding hydrogens is 536 g/mol. The van der Waals surface area contributed by atoms with Gasteiger partial charge in [0.25, 0.3) is 0 Å². The second kappa shape index (κ2) is 22.2. The third kappa shape index (κ3) is 11.7. The minimum Gasteiger partial charge on any atom is -0.497 e. The molecule has 0 spiro atoms. The lowest BCUT2D eigenvalue weighted by Crippen LogP contribution is -2.33. The van der Waals surface area contributed by atoms with Gasteiger partial charge in [-0.3, -0.25) is 0 Å². The number of hydrogen-bond donors (Lipinski definition) is 0. The Morgan fingerprint density at radius 3 is 1.43 bits per heavy atom. The van der Waals surface area contributed by atoms with Gasteiger partial charge in [-0.25, -0.2) is 0 Å². The third-order valence-electron chi connectivity index (χ3n) is 7.57. The summed E-state index contributed by atoms with van der Waals surface area (Å²) < 4.78 is 17.9. The van der Waals surface area contributed by atoms with Gasteiger partial charge in [0.2, 0.25) is 0 Å². The molecule has 0 fully saturated rings. The van der Waals surface area contributed by atoms with E-state index in [2.05, 4.69) is 73.3 Å². The van der Waals surface area contributed by atoms with E-state index in [0.717, 1.165) is 40.4 Å². The summed E-state index contributed by atoms with van der Waals surface area (Å²) in [6, 6.07) is 27.1. The molecule has 0 saturated heterocycles. The number of unbranched alkanes of at least 4 members (excludes halogenated alkanes) is 9. The van der Waals surface area contributed by atoms with Gasteiger partial charge >= 0.3 is 0 Å². The largest absolute Gasteiger partial charge is 0.497 e. The maximum absolute atomic E-state index is 6.95. The zero-order chi connectivity index (χ0) is 30.3. The van der Waals surface area contributed by atoms with Crippen molar-refractivity contribution in [2.75, 3.05) is 32.3 Å². The molecule has 3 aromatic rings. The number of rotatable bonds is 21. The molecule has 0 bridgehead atoms. The first-order valence-corrected chi connectivity index (χ1v) is 17.5. The Balaban J connectivity index is 0.00000301. The van der Waals surface area contributed by atoms with Gasteiger partial charge in [-0.15, -0.1) is 0 Å². The van der Waals surface area contributed by atoms with Crippen LogP contribution < -0.4 is 9.47 Å². The number of benzene rings is 3. The molecule has 0 amide bonds. The Hall–Kier alpha value is -2.43. The van der Waals surface area contributed by atoms with Crippen LogP contribution in [0, 0.1) is 0 Å². The molecule has 0 unspecified atom stereocenters. The first kappa shape index (κ1) is 35.8. The van der Waals surface area contributed by atoms with Crippen molar-refractivity contribution < 1.29 is 14.2 Å². The van der Waals surface area contributed by atoms with Gasteiger partial charge in [0.15, 0.2) is 0 Å². The molecule has 0 saturated carbocycles. The summed E-state index contributed by atoms with van der Waals surface area (Å²) in [7, 11) is 3.40. The summed E-state index contributed by atoms with van der Waals surface area (Å²) in [4.78, 5) is 0. The van der Waals surface area contributed by atoms with Crippen LogP contribution in [0.1, 0.15) is 108 Å². The number of ether oxygens (including phenoxy) is 3. The SMILES string of the molecule is CC.CCCCCCCCCCCCSCCCOC(c1ccccc1)(c1ccc(OC)cc1)c1ccc(OC)cc1. The van der Waals surface area contributed by atoms with Gasteiger partial charge in [0.05, 0.1) is 14.2 Å². The Labute approximate surface area is 261 Å². The number of methoxy groups -OCH3 is 2. The van der Waals surface area contributed by atoms with Crippen molar-refractivity contribution in [2.24, 2.45) is 0 Å². The fraction of sp³-hybridized carbons (Fsp3) is 0.526. The van der Waals surface area contributed by atoms with Crippen molar-refractivity contribution in [2.45, 2.75) is 97.0 Å². The third-order valence-corrected chi connectivity index (χ3v) is 8.72. The minimum atomic E-state index is -0.721. The van der Waals surface area contributed by atoms with Gasteiger partial charge in [0.1, 0.15) is 17.1 Å². The topological polar surface area (TPSA) is 27.7 Å². The molecule has 0 heterocycles. The second-order valence-corrected chi connectivity index (χ2v) is 11.7. The van der Waals surface area contributed by atoms with Crippen LogP contribution in [0.5, 0.6) is 11.5 Å². The summed E-state index contributed by atoms with van der Waals surface area (Å²) in [5.74, 6) is 4.04. The molecule has 4 heteroatoms. The van der Waals surface area contributed by atoms with Crippen LogP contribution >= 0.6 is 11.8 Å². The van der Waals surface area contributed by atoms with Crippen molar-refractivity contribution in [1.29, 1.82) is 0 Å². The fourth-order valence-electron chi connectivity index (χ4n) is 5.25. The van der Waals surface area contributed by atoms with Crippen molar-refractivity contribution in [3.8, 4) is 11.5 Å². The summed E-state index contributed by atoms with van der Waals surface area (Å²) in [5.41, 5.74) is 2.56. The zero-order valence-corrected chi connectivity index (χ0v) is 27.9. The molecule has 0 aliphatic carbocycles. The lowest BCUT2D eigenvalue weighted by Gasteiger charge is -2.36. The predicted octanol–water partition coefficient (Wildman–Crippen LogP) is 11.1. The van der Waals surface area contributed by atoms with Crippen molar-refractivity contribution >= 4 is 11.8 Å². The lowest BCUT2D eigenvalue weighted by molar-refractivity contribution is 0.0136. The van der Waals surface area contributed by atoms with Gasteiger partial charge in [-0.05, 0) is 65.3 Å². The molecular formula is C38H56O3S. The van der Waals surface area contributed by atoms with Crippen LogP contribution in [0.25, 0.3) is 0 Å². The van der Waals surface area contributed by atoms with Gasteiger partial charge < -0.3 is 14.2 Å². The Morgan fingerprint density at radius 2 is 0.952 bits per heavy atom. The standard InChI is InChI=1S/C36H50O3S.C2H6/c1-4-5-6-7-8-9-10-11-12-16-29-40-30-17-28-39-36(31-18-14-13-15-19-31,32-20-24-34(37-2)25-21-32)33-22-26-35(38-3)27-23-33;1-2/h13-15,18-27H,4-12,16-17,28-30H2,1-3H3;1-2H3. The van der Waals surface area contributed by atoms with E-state index < -0.39 is 5.60 Å². The van der Waals surface area contributed by atoms with Crippen LogP contribution in [0.4, 0.5) is 0 Å². The van der Waals surface area contributed by atoms with Crippen molar-refractivity contribution in [3.05, 3.63) is 95.6 Å². The molecule has 0 aliphatic rings. The highest BCUT2D eigenvalue weighted by molar-refractivity contribution is 7.99. The second-order valence-electron chi connectivity index (χ2n) is 10.5. The lowest BCUT2D eigenvalue weighted by atomic mass is 9.80. The highest BCUT2D eigenvalue weighted by atomic mass is 32.2. The number of hydrogen-bond acceptors (Lipinski definition) is 4. The maximum atomic E-state index is 6.95. The summed E-state index contributed by atoms with van der Waals surface area (Å²) in [6.45, 7) is 6.96. The van der Waals surface area contributed by atoms with E-state index in [1.165, 1.54) is 70.0 Å². The van der Waals surface area contributed by atoms with Crippen molar-refractivity contribution in [3.63, 3.8) is 0 Å². The molecule has 0 N–H and O–H groups in total. The van der Waals surface area contributed by atoms with E-state index in [4.69, 9.17) is 14.2 Å².